The van der Waals surface area contributed by atoms with Crippen molar-refractivity contribution in [1.29, 1.82) is 0 Å². The molecule has 6 nitrogen and oxygen atoms in total. The summed E-state index contributed by atoms with van der Waals surface area (Å²) < 4.78 is 0. The van der Waals surface area contributed by atoms with E-state index in [-0.39, 0.29) is 12.1 Å². The molecule has 2 amide bonds. The van der Waals surface area contributed by atoms with Crippen molar-refractivity contribution in [2.75, 3.05) is 27.2 Å². The first-order valence-electron chi connectivity index (χ1n) is 6.29. The molecule has 6 heteroatoms. The van der Waals surface area contributed by atoms with E-state index in [1.807, 2.05) is 32.8 Å². The fraction of sp³-hybridized carbons (Fsp3) is 0.833. The van der Waals surface area contributed by atoms with Crippen molar-refractivity contribution in [2.45, 2.75) is 38.3 Å². The van der Waals surface area contributed by atoms with Crippen molar-refractivity contribution in [3.05, 3.63) is 0 Å². The number of urea groups is 1. The number of carbonyl (C=O) groups excluding carboxylic acids is 1. The standard InChI is InChI=1S/C12H23N3O3/c1-5-15(9(2)8-14(3)4)11(18)13-12(6-7-12)10(16)17/h9H,5-8H2,1-4H3,(H,13,18)(H,16,17). The number of aliphatic carboxylic acids is 1. The molecule has 0 heterocycles. The Labute approximate surface area is 108 Å². The maximum absolute atomic E-state index is 12.1. The highest BCUT2D eigenvalue weighted by atomic mass is 16.4. The molecule has 1 fully saturated rings. The minimum absolute atomic E-state index is 0.0506. The van der Waals surface area contributed by atoms with Gasteiger partial charge in [-0.1, -0.05) is 0 Å². The summed E-state index contributed by atoms with van der Waals surface area (Å²) in [6, 6.07) is -0.235. The number of carboxylic acids is 1. The van der Waals surface area contributed by atoms with Crippen LogP contribution in [0.4, 0.5) is 4.79 Å². The van der Waals surface area contributed by atoms with Crippen LogP contribution >= 0.6 is 0 Å². The summed E-state index contributed by atoms with van der Waals surface area (Å²) in [5.74, 6) is -0.938. The zero-order valence-corrected chi connectivity index (χ0v) is 11.6. The van der Waals surface area contributed by atoms with Gasteiger partial charge in [0.2, 0.25) is 0 Å². The highest BCUT2D eigenvalue weighted by Gasteiger charge is 2.52. The molecule has 1 saturated carbocycles. The molecule has 0 aromatic heterocycles. The number of hydrogen-bond acceptors (Lipinski definition) is 3. The molecule has 0 bridgehead atoms. The normalized spacial score (nSPS) is 18.3. The third-order valence-electron chi connectivity index (χ3n) is 3.27. The summed E-state index contributed by atoms with van der Waals surface area (Å²) in [5.41, 5.74) is -1.01. The predicted octanol–water partition coefficient (Wildman–Crippen LogP) is 0.585. The molecule has 2 N–H and O–H groups in total. The molecule has 1 rings (SSSR count). The second-order valence-electron chi connectivity index (χ2n) is 5.21. The Morgan fingerprint density at radius 3 is 2.28 bits per heavy atom. The summed E-state index contributed by atoms with van der Waals surface area (Å²) in [7, 11) is 3.89. The van der Waals surface area contributed by atoms with Crippen molar-refractivity contribution in [1.82, 2.24) is 15.1 Å². The Hall–Kier alpha value is -1.30. The molecule has 1 unspecified atom stereocenters. The van der Waals surface area contributed by atoms with Crippen LogP contribution in [0.3, 0.4) is 0 Å². The molecule has 1 aliphatic carbocycles. The summed E-state index contributed by atoms with van der Waals surface area (Å²) in [6.07, 6.45) is 1.04. The summed E-state index contributed by atoms with van der Waals surface area (Å²) >= 11 is 0. The van der Waals surface area contributed by atoms with Crippen molar-refractivity contribution in [2.24, 2.45) is 0 Å². The minimum atomic E-state index is -1.01. The number of carbonyl (C=O) groups is 2. The number of rotatable bonds is 6. The van der Waals surface area contributed by atoms with E-state index in [4.69, 9.17) is 5.11 Å². The van der Waals surface area contributed by atoms with Crippen LogP contribution in [0.15, 0.2) is 0 Å². The molecule has 1 atom stereocenters. The lowest BCUT2D eigenvalue weighted by Crippen LogP contribution is -2.53. The number of likely N-dealkylation sites (N-methyl/N-ethyl adjacent to an activating group) is 2. The van der Waals surface area contributed by atoms with E-state index in [0.717, 1.165) is 6.54 Å². The van der Waals surface area contributed by atoms with Gasteiger partial charge in [-0.2, -0.15) is 0 Å². The Balaban J connectivity index is 2.60. The highest BCUT2D eigenvalue weighted by molar-refractivity contribution is 5.89. The van der Waals surface area contributed by atoms with Crippen LogP contribution in [-0.4, -0.2) is 65.7 Å². The van der Waals surface area contributed by atoms with Gasteiger partial charge >= 0.3 is 12.0 Å². The number of amides is 2. The molecule has 0 aliphatic heterocycles. The predicted molar refractivity (Wildman–Crippen MR) is 68.5 cm³/mol. The molecule has 0 radical (unpaired) electrons. The summed E-state index contributed by atoms with van der Waals surface area (Å²) in [5, 5.41) is 11.7. The van der Waals surface area contributed by atoms with Gasteiger partial charge in [0.1, 0.15) is 5.54 Å². The maximum atomic E-state index is 12.1. The molecule has 0 aromatic carbocycles. The van der Waals surface area contributed by atoms with E-state index in [1.165, 1.54) is 0 Å². The first-order chi connectivity index (χ1) is 8.32. The largest absolute Gasteiger partial charge is 0.480 e. The van der Waals surface area contributed by atoms with Gasteiger partial charge in [0.25, 0.3) is 0 Å². The first-order valence-corrected chi connectivity index (χ1v) is 6.29. The van der Waals surface area contributed by atoms with Gasteiger partial charge in [-0.15, -0.1) is 0 Å². The van der Waals surface area contributed by atoms with Crippen LogP contribution in [-0.2, 0) is 4.79 Å². The van der Waals surface area contributed by atoms with E-state index in [9.17, 15) is 9.59 Å². The van der Waals surface area contributed by atoms with Crippen LogP contribution in [0.1, 0.15) is 26.7 Å². The van der Waals surface area contributed by atoms with Crippen LogP contribution in [0.2, 0.25) is 0 Å². The smallest absolute Gasteiger partial charge is 0.329 e. The van der Waals surface area contributed by atoms with Crippen LogP contribution < -0.4 is 5.32 Å². The number of nitrogens with one attached hydrogen (secondary N) is 1. The second-order valence-corrected chi connectivity index (χ2v) is 5.21. The van der Waals surface area contributed by atoms with E-state index < -0.39 is 11.5 Å². The molecule has 1 aliphatic rings. The number of carboxylic acid groups (broad SMARTS) is 1. The quantitative estimate of drug-likeness (QED) is 0.730. The molecule has 18 heavy (non-hydrogen) atoms. The minimum Gasteiger partial charge on any atom is -0.480 e. The van der Waals surface area contributed by atoms with Gasteiger partial charge in [0.05, 0.1) is 0 Å². The Bertz CT molecular complexity index is 327. The zero-order chi connectivity index (χ0) is 13.9. The van der Waals surface area contributed by atoms with Crippen LogP contribution in [0.25, 0.3) is 0 Å². The van der Waals surface area contributed by atoms with Crippen LogP contribution in [0.5, 0.6) is 0 Å². The van der Waals surface area contributed by atoms with Gasteiger partial charge in [-0.3, -0.25) is 0 Å². The molecule has 104 valence electrons. The fourth-order valence-electron chi connectivity index (χ4n) is 2.08. The van der Waals surface area contributed by atoms with Crippen molar-refractivity contribution in [3.8, 4) is 0 Å². The Morgan fingerprint density at radius 1 is 1.39 bits per heavy atom. The van der Waals surface area contributed by atoms with E-state index in [0.29, 0.717) is 19.4 Å². The molecule has 0 saturated heterocycles. The van der Waals surface area contributed by atoms with Gasteiger partial charge in [-0.25, -0.2) is 9.59 Å². The van der Waals surface area contributed by atoms with E-state index >= 15 is 0 Å². The summed E-state index contributed by atoms with van der Waals surface area (Å²) in [6.45, 7) is 5.17. The lowest BCUT2D eigenvalue weighted by molar-refractivity contribution is -0.140. The van der Waals surface area contributed by atoms with E-state index in [1.54, 1.807) is 4.90 Å². The molecule has 0 aromatic rings. The van der Waals surface area contributed by atoms with Gasteiger partial charge in [0, 0.05) is 19.1 Å². The van der Waals surface area contributed by atoms with Crippen molar-refractivity contribution in [3.63, 3.8) is 0 Å². The average molecular weight is 257 g/mol. The second kappa shape index (κ2) is 5.56. The number of hydrogen-bond donors (Lipinski definition) is 2. The maximum Gasteiger partial charge on any atom is 0.329 e. The average Bonchev–Trinajstić information content (AvgIpc) is 2.98. The Morgan fingerprint density at radius 2 is 1.94 bits per heavy atom. The van der Waals surface area contributed by atoms with Gasteiger partial charge in [0.15, 0.2) is 0 Å². The van der Waals surface area contributed by atoms with Gasteiger partial charge in [-0.05, 0) is 40.8 Å². The lowest BCUT2D eigenvalue weighted by Gasteiger charge is -2.31. The molecular weight excluding hydrogens is 234 g/mol. The SMILES string of the molecule is CCN(C(=O)NC1(C(=O)O)CC1)C(C)CN(C)C. The van der Waals surface area contributed by atoms with Crippen LogP contribution in [0, 0.1) is 0 Å². The summed E-state index contributed by atoms with van der Waals surface area (Å²) in [4.78, 5) is 26.8. The fourth-order valence-corrected chi connectivity index (χ4v) is 2.08. The zero-order valence-electron chi connectivity index (χ0n) is 11.6. The third-order valence-corrected chi connectivity index (χ3v) is 3.27. The number of nitrogens with zero attached hydrogens (tertiary/aromatic N) is 2. The van der Waals surface area contributed by atoms with Crippen molar-refractivity contribution >= 4 is 12.0 Å². The first kappa shape index (κ1) is 14.8. The molecular formula is C12H23N3O3. The van der Waals surface area contributed by atoms with E-state index in [2.05, 4.69) is 5.32 Å². The van der Waals surface area contributed by atoms with Crippen molar-refractivity contribution < 1.29 is 14.7 Å². The monoisotopic (exact) mass is 257 g/mol. The highest BCUT2D eigenvalue weighted by Crippen LogP contribution is 2.35. The third kappa shape index (κ3) is 3.35. The topological polar surface area (TPSA) is 72.9 Å². The van der Waals surface area contributed by atoms with Gasteiger partial charge < -0.3 is 20.2 Å². The molecule has 0 spiro atoms. The Kier molecular flexibility index (Phi) is 4.56. The lowest BCUT2D eigenvalue weighted by atomic mass is 10.2.